The van der Waals surface area contributed by atoms with E-state index in [-0.39, 0.29) is 26.0 Å². The first-order valence-electron chi connectivity index (χ1n) is 5.86. The van der Waals surface area contributed by atoms with Gasteiger partial charge in [-0.1, -0.05) is 0 Å². The molecule has 0 amide bonds. The average molecular weight is 428 g/mol. The third-order valence-electron chi connectivity index (χ3n) is 2.44. The normalized spacial score (nSPS) is 10.3. The maximum absolute atomic E-state index is 11.5. The fraction of sp³-hybridized carbons (Fsp3) is 0.462. The SMILES string of the molecule is COCOc1cc(OCOC)c(Br)c(CC(=O)OC)c1Br. The molecule has 118 valence electrons. The molecule has 0 spiro atoms. The number of carbonyl (C=O) groups is 1. The van der Waals surface area contributed by atoms with Crippen LogP contribution in [0.15, 0.2) is 15.0 Å². The van der Waals surface area contributed by atoms with E-state index in [1.54, 1.807) is 6.07 Å². The Balaban J connectivity index is 3.19. The first-order valence-corrected chi connectivity index (χ1v) is 7.44. The van der Waals surface area contributed by atoms with E-state index in [1.807, 2.05) is 0 Å². The van der Waals surface area contributed by atoms with Crippen LogP contribution in [-0.4, -0.2) is 40.9 Å². The van der Waals surface area contributed by atoms with E-state index < -0.39 is 0 Å². The van der Waals surface area contributed by atoms with Crippen molar-refractivity contribution >= 4 is 37.8 Å². The van der Waals surface area contributed by atoms with Crippen molar-refractivity contribution in [2.24, 2.45) is 0 Å². The molecule has 0 aliphatic carbocycles. The Bertz CT molecular complexity index is 460. The molecule has 0 bridgehead atoms. The minimum atomic E-state index is -0.377. The van der Waals surface area contributed by atoms with Crippen LogP contribution in [0.25, 0.3) is 0 Å². The van der Waals surface area contributed by atoms with Crippen LogP contribution in [0.1, 0.15) is 5.56 Å². The molecule has 0 aliphatic heterocycles. The quantitative estimate of drug-likeness (QED) is 0.469. The van der Waals surface area contributed by atoms with Gasteiger partial charge in [0, 0.05) is 20.3 Å². The van der Waals surface area contributed by atoms with E-state index in [1.165, 1.54) is 21.3 Å². The highest BCUT2D eigenvalue weighted by atomic mass is 79.9. The van der Waals surface area contributed by atoms with Gasteiger partial charge in [0.2, 0.25) is 0 Å². The number of rotatable bonds is 8. The second-order valence-electron chi connectivity index (χ2n) is 3.83. The van der Waals surface area contributed by atoms with Crippen molar-refractivity contribution in [1.29, 1.82) is 0 Å². The molecular formula is C13H16Br2O6. The third-order valence-corrected chi connectivity index (χ3v) is 4.18. The summed E-state index contributed by atoms with van der Waals surface area (Å²) in [6, 6.07) is 1.67. The van der Waals surface area contributed by atoms with Crippen molar-refractivity contribution in [1.82, 2.24) is 0 Å². The maximum Gasteiger partial charge on any atom is 0.310 e. The minimum Gasteiger partial charge on any atom is -0.469 e. The molecule has 0 aromatic heterocycles. The monoisotopic (exact) mass is 426 g/mol. The van der Waals surface area contributed by atoms with E-state index in [9.17, 15) is 4.79 Å². The Morgan fingerprint density at radius 1 is 1.00 bits per heavy atom. The zero-order valence-electron chi connectivity index (χ0n) is 11.9. The fourth-order valence-electron chi connectivity index (χ4n) is 1.47. The topological polar surface area (TPSA) is 63.2 Å². The molecular weight excluding hydrogens is 412 g/mol. The summed E-state index contributed by atoms with van der Waals surface area (Å²) in [5.41, 5.74) is 0.654. The summed E-state index contributed by atoms with van der Waals surface area (Å²) < 4.78 is 26.6. The first-order chi connectivity index (χ1) is 10.0. The predicted octanol–water partition coefficient (Wildman–Crippen LogP) is 2.89. The average Bonchev–Trinajstić information content (AvgIpc) is 2.49. The molecule has 1 rings (SSSR count). The molecule has 8 heteroatoms. The summed E-state index contributed by atoms with van der Waals surface area (Å²) in [7, 11) is 4.37. The number of hydrogen-bond acceptors (Lipinski definition) is 6. The lowest BCUT2D eigenvalue weighted by Crippen LogP contribution is -2.09. The lowest BCUT2D eigenvalue weighted by atomic mass is 10.1. The van der Waals surface area contributed by atoms with Gasteiger partial charge >= 0.3 is 5.97 Å². The van der Waals surface area contributed by atoms with Crippen molar-refractivity contribution in [3.8, 4) is 11.5 Å². The van der Waals surface area contributed by atoms with E-state index in [4.69, 9.17) is 23.7 Å². The van der Waals surface area contributed by atoms with Crippen molar-refractivity contribution in [3.63, 3.8) is 0 Å². The van der Waals surface area contributed by atoms with Crippen LogP contribution in [0.3, 0.4) is 0 Å². The van der Waals surface area contributed by atoms with E-state index in [0.717, 1.165) is 0 Å². The Labute approximate surface area is 139 Å². The summed E-state index contributed by atoms with van der Waals surface area (Å²) in [5.74, 6) is 0.605. The van der Waals surface area contributed by atoms with Gasteiger partial charge in [-0.15, -0.1) is 0 Å². The van der Waals surface area contributed by atoms with Gasteiger partial charge in [0.15, 0.2) is 13.6 Å². The molecule has 0 heterocycles. The smallest absolute Gasteiger partial charge is 0.310 e. The summed E-state index contributed by atoms with van der Waals surface area (Å²) in [6.07, 6.45) is 0.0607. The number of esters is 1. The van der Waals surface area contributed by atoms with Gasteiger partial charge in [0.1, 0.15) is 11.5 Å². The van der Waals surface area contributed by atoms with Crippen LogP contribution in [0, 0.1) is 0 Å². The third kappa shape index (κ3) is 5.14. The van der Waals surface area contributed by atoms with Crippen molar-refractivity contribution in [2.45, 2.75) is 6.42 Å². The molecule has 0 unspecified atom stereocenters. The van der Waals surface area contributed by atoms with E-state index in [0.29, 0.717) is 26.0 Å². The highest BCUT2D eigenvalue weighted by molar-refractivity contribution is 9.11. The van der Waals surface area contributed by atoms with Crippen LogP contribution >= 0.6 is 31.9 Å². The van der Waals surface area contributed by atoms with Crippen molar-refractivity contribution < 1.29 is 28.5 Å². The summed E-state index contributed by atoms with van der Waals surface area (Å²) in [4.78, 5) is 11.5. The van der Waals surface area contributed by atoms with Gasteiger partial charge in [-0.25, -0.2) is 0 Å². The standard InChI is InChI=1S/C13H16Br2O6/c1-17-6-20-9-5-10(21-7-18-2)13(15)8(12(9)14)4-11(16)19-3/h5H,4,6-7H2,1-3H3. The van der Waals surface area contributed by atoms with E-state index >= 15 is 0 Å². The van der Waals surface area contributed by atoms with Crippen LogP contribution in [-0.2, 0) is 25.4 Å². The Kier molecular flexibility index (Phi) is 8.02. The molecule has 0 fully saturated rings. The summed E-state index contributed by atoms with van der Waals surface area (Å²) >= 11 is 6.83. The van der Waals surface area contributed by atoms with Gasteiger partial charge in [0.05, 0.1) is 22.5 Å². The van der Waals surface area contributed by atoms with E-state index in [2.05, 4.69) is 31.9 Å². The Morgan fingerprint density at radius 2 is 1.48 bits per heavy atom. The highest BCUT2D eigenvalue weighted by Gasteiger charge is 2.20. The van der Waals surface area contributed by atoms with Crippen LogP contribution in [0.2, 0.25) is 0 Å². The number of methoxy groups -OCH3 is 3. The van der Waals surface area contributed by atoms with Gasteiger partial charge in [-0.2, -0.15) is 0 Å². The van der Waals surface area contributed by atoms with Crippen molar-refractivity contribution in [2.75, 3.05) is 34.9 Å². The van der Waals surface area contributed by atoms with Crippen LogP contribution in [0.4, 0.5) is 0 Å². The molecule has 0 saturated heterocycles. The maximum atomic E-state index is 11.5. The number of benzene rings is 1. The predicted molar refractivity (Wildman–Crippen MR) is 82.6 cm³/mol. The lowest BCUT2D eigenvalue weighted by molar-refractivity contribution is -0.139. The molecule has 0 saturated carbocycles. The van der Waals surface area contributed by atoms with Gasteiger partial charge in [-0.05, 0) is 37.4 Å². The van der Waals surface area contributed by atoms with Gasteiger partial charge in [-0.3, -0.25) is 4.79 Å². The number of hydrogen-bond donors (Lipinski definition) is 0. The second kappa shape index (κ2) is 9.24. The molecule has 0 atom stereocenters. The molecule has 0 N–H and O–H groups in total. The van der Waals surface area contributed by atoms with Crippen LogP contribution < -0.4 is 9.47 Å². The minimum absolute atomic E-state index is 0.0607. The second-order valence-corrected chi connectivity index (χ2v) is 5.42. The molecule has 0 aliphatic rings. The lowest BCUT2D eigenvalue weighted by Gasteiger charge is -2.16. The molecule has 0 radical (unpaired) electrons. The highest BCUT2D eigenvalue weighted by Crippen LogP contribution is 2.41. The fourth-order valence-corrected chi connectivity index (χ4v) is 2.87. The molecule has 21 heavy (non-hydrogen) atoms. The Morgan fingerprint density at radius 3 is 1.86 bits per heavy atom. The zero-order chi connectivity index (χ0) is 15.8. The number of halogens is 2. The largest absolute Gasteiger partial charge is 0.469 e. The molecule has 1 aromatic carbocycles. The number of ether oxygens (including phenoxy) is 5. The zero-order valence-corrected chi connectivity index (χ0v) is 15.1. The number of carbonyl (C=O) groups excluding carboxylic acids is 1. The van der Waals surface area contributed by atoms with Crippen molar-refractivity contribution in [3.05, 3.63) is 20.6 Å². The van der Waals surface area contributed by atoms with Gasteiger partial charge in [0.25, 0.3) is 0 Å². The summed E-state index contributed by atoms with van der Waals surface area (Å²) in [5, 5.41) is 0. The Hall–Kier alpha value is -0.830. The van der Waals surface area contributed by atoms with Crippen LogP contribution in [0.5, 0.6) is 11.5 Å². The molecule has 1 aromatic rings. The first kappa shape index (κ1) is 18.2. The molecule has 6 nitrogen and oxygen atoms in total. The summed E-state index contributed by atoms with van der Waals surface area (Å²) in [6.45, 7) is 0.142. The van der Waals surface area contributed by atoms with Gasteiger partial charge < -0.3 is 23.7 Å².